The smallest absolute Gasteiger partial charge is 0.410 e. The van der Waals surface area contributed by atoms with Gasteiger partial charge >= 0.3 is 12.1 Å². The highest BCUT2D eigenvalue weighted by molar-refractivity contribution is 5.98. The van der Waals surface area contributed by atoms with E-state index >= 15 is 0 Å². The van der Waals surface area contributed by atoms with Gasteiger partial charge in [0.05, 0.1) is 0 Å². The Bertz CT molecular complexity index is 791. The molecule has 27 heavy (non-hydrogen) atoms. The third-order valence-electron chi connectivity index (χ3n) is 4.41. The Balaban J connectivity index is 1.51. The summed E-state index contributed by atoms with van der Waals surface area (Å²) in [6.07, 6.45) is 0.638. The van der Waals surface area contributed by atoms with Crippen LogP contribution < -0.4 is 0 Å². The summed E-state index contributed by atoms with van der Waals surface area (Å²) in [6, 6.07) is 17.2. The fraction of sp³-hybridized carbons (Fsp3) is 0.286. The molecule has 0 unspecified atom stereocenters. The zero-order valence-corrected chi connectivity index (χ0v) is 14.9. The Morgan fingerprint density at radius 3 is 2.30 bits per heavy atom. The number of rotatable bonds is 6. The van der Waals surface area contributed by atoms with E-state index in [1.165, 1.54) is 4.90 Å². The molecule has 140 valence electrons. The first kappa shape index (κ1) is 18.6. The number of likely N-dealkylation sites (tertiary alicyclic amines) is 1. The molecule has 1 aliphatic rings. The molecular formula is C21H21NO5. The summed E-state index contributed by atoms with van der Waals surface area (Å²) in [6.45, 7) is 0.233. The second kappa shape index (κ2) is 8.98. The molecule has 1 amide bonds. The molecule has 0 aromatic heterocycles. The van der Waals surface area contributed by atoms with Crippen molar-refractivity contribution in [1.29, 1.82) is 0 Å². The topological polar surface area (TPSA) is 72.9 Å². The first-order chi connectivity index (χ1) is 13.1. The molecule has 6 heteroatoms. The fourth-order valence-corrected chi connectivity index (χ4v) is 2.97. The van der Waals surface area contributed by atoms with Crippen molar-refractivity contribution in [2.75, 3.05) is 13.2 Å². The molecule has 0 bridgehead atoms. The highest BCUT2D eigenvalue weighted by Gasteiger charge is 2.36. The molecule has 6 nitrogen and oxygen atoms in total. The molecule has 1 saturated heterocycles. The molecular weight excluding hydrogens is 346 g/mol. The van der Waals surface area contributed by atoms with Gasteiger partial charge < -0.3 is 9.47 Å². The number of amides is 1. The van der Waals surface area contributed by atoms with Gasteiger partial charge in [0.1, 0.15) is 12.6 Å². The van der Waals surface area contributed by atoms with Gasteiger partial charge in [0.2, 0.25) is 0 Å². The van der Waals surface area contributed by atoms with Crippen LogP contribution in [0.5, 0.6) is 0 Å². The molecule has 0 aliphatic carbocycles. The highest BCUT2D eigenvalue weighted by Crippen LogP contribution is 2.20. The Hall–Kier alpha value is -3.15. The Morgan fingerprint density at radius 1 is 0.926 bits per heavy atom. The van der Waals surface area contributed by atoms with Crippen LogP contribution in [0.3, 0.4) is 0 Å². The molecule has 0 N–H and O–H groups in total. The minimum Gasteiger partial charge on any atom is -0.456 e. The number of nitrogens with zero attached hydrogens (tertiary/aromatic N) is 1. The number of hydrogen-bond donors (Lipinski definition) is 0. The number of ketones is 1. The van der Waals surface area contributed by atoms with Gasteiger partial charge in [-0.3, -0.25) is 9.69 Å². The molecule has 2 aromatic carbocycles. The third-order valence-corrected chi connectivity index (χ3v) is 4.41. The van der Waals surface area contributed by atoms with E-state index in [4.69, 9.17) is 9.47 Å². The van der Waals surface area contributed by atoms with Gasteiger partial charge in [-0.05, 0) is 18.4 Å². The van der Waals surface area contributed by atoms with Crippen LogP contribution in [-0.4, -0.2) is 41.9 Å². The maximum atomic E-state index is 12.3. The quantitative estimate of drug-likeness (QED) is 0.579. The van der Waals surface area contributed by atoms with E-state index in [0.29, 0.717) is 24.9 Å². The molecule has 3 rings (SSSR count). The number of hydrogen-bond acceptors (Lipinski definition) is 5. The number of esters is 1. The molecule has 0 radical (unpaired) electrons. The van der Waals surface area contributed by atoms with Gasteiger partial charge in [-0.25, -0.2) is 9.59 Å². The predicted molar refractivity (Wildman–Crippen MR) is 98.1 cm³/mol. The largest absolute Gasteiger partial charge is 0.456 e. The van der Waals surface area contributed by atoms with Crippen molar-refractivity contribution in [3.63, 3.8) is 0 Å². The second-order valence-electron chi connectivity index (χ2n) is 6.29. The second-order valence-corrected chi connectivity index (χ2v) is 6.29. The normalized spacial score (nSPS) is 16.0. The molecule has 0 saturated carbocycles. The zero-order valence-electron chi connectivity index (χ0n) is 14.9. The summed E-state index contributed by atoms with van der Waals surface area (Å²) in [5, 5.41) is 0. The monoisotopic (exact) mass is 367 g/mol. The van der Waals surface area contributed by atoms with Crippen molar-refractivity contribution >= 4 is 17.8 Å². The van der Waals surface area contributed by atoms with Crippen LogP contribution in [0.1, 0.15) is 28.8 Å². The van der Waals surface area contributed by atoms with Crippen molar-refractivity contribution in [3.8, 4) is 0 Å². The summed E-state index contributed by atoms with van der Waals surface area (Å²) in [4.78, 5) is 38.1. The average molecular weight is 367 g/mol. The van der Waals surface area contributed by atoms with Crippen LogP contribution in [0.15, 0.2) is 60.7 Å². The maximum Gasteiger partial charge on any atom is 0.410 e. The number of ether oxygens (including phenoxy) is 2. The summed E-state index contributed by atoms with van der Waals surface area (Å²) in [5.74, 6) is -0.853. The van der Waals surface area contributed by atoms with Crippen LogP contribution in [0, 0.1) is 0 Å². The first-order valence-corrected chi connectivity index (χ1v) is 8.87. The van der Waals surface area contributed by atoms with Gasteiger partial charge in [0, 0.05) is 12.1 Å². The van der Waals surface area contributed by atoms with E-state index < -0.39 is 18.1 Å². The van der Waals surface area contributed by atoms with E-state index in [1.807, 2.05) is 30.3 Å². The van der Waals surface area contributed by atoms with Gasteiger partial charge in [0.15, 0.2) is 12.4 Å². The lowest BCUT2D eigenvalue weighted by atomic mass is 10.1. The molecule has 0 spiro atoms. The minimum absolute atomic E-state index is 0.143. The predicted octanol–water partition coefficient (Wildman–Crippen LogP) is 3.21. The lowest BCUT2D eigenvalue weighted by Gasteiger charge is -2.22. The molecule has 1 heterocycles. The van der Waals surface area contributed by atoms with Crippen LogP contribution in [-0.2, 0) is 20.9 Å². The lowest BCUT2D eigenvalue weighted by molar-refractivity contribution is -0.147. The van der Waals surface area contributed by atoms with Crippen molar-refractivity contribution in [3.05, 3.63) is 71.8 Å². The number of benzene rings is 2. The van der Waals surface area contributed by atoms with Gasteiger partial charge in [-0.1, -0.05) is 60.7 Å². The van der Waals surface area contributed by atoms with Gasteiger partial charge in [-0.2, -0.15) is 0 Å². The molecule has 2 aromatic rings. The summed E-state index contributed by atoms with van der Waals surface area (Å²) < 4.78 is 10.4. The van der Waals surface area contributed by atoms with Gasteiger partial charge in [-0.15, -0.1) is 0 Å². The maximum absolute atomic E-state index is 12.3. The highest BCUT2D eigenvalue weighted by atomic mass is 16.6. The minimum atomic E-state index is -0.711. The average Bonchev–Trinajstić information content (AvgIpc) is 3.21. The Kier molecular flexibility index (Phi) is 6.20. The Labute approximate surface area is 157 Å². The molecule has 1 fully saturated rings. The van der Waals surface area contributed by atoms with Crippen LogP contribution >= 0.6 is 0 Å². The Morgan fingerprint density at radius 2 is 1.59 bits per heavy atom. The third kappa shape index (κ3) is 4.94. The van der Waals surface area contributed by atoms with Crippen molar-refractivity contribution in [1.82, 2.24) is 4.90 Å². The summed E-state index contributed by atoms with van der Waals surface area (Å²) in [5.41, 5.74) is 1.36. The van der Waals surface area contributed by atoms with E-state index in [0.717, 1.165) is 5.56 Å². The standard InChI is InChI=1S/C21H21NO5/c23-19(17-10-5-2-6-11-17)15-26-20(24)18-12-7-13-22(18)21(25)27-14-16-8-3-1-4-9-16/h1-6,8-11,18H,7,12-15H2/t18-/m0/s1. The lowest BCUT2D eigenvalue weighted by Crippen LogP contribution is -2.42. The molecule has 1 atom stereocenters. The first-order valence-electron chi connectivity index (χ1n) is 8.87. The van der Waals surface area contributed by atoms with Crippen LogP contribution in [0.25, 0.3) is 0 Å². The van der Waals surface area contributed by atoms with Crippen LogP contribution in [0.4, 0.5) is 4.79 Å². The van der Waals surface area contributed by atoms with E-state index in [2.05, 4.69) is 0 Å². The number of carbonyl (C=O) groups is 3. The molecule has 1 aliphatic heterocycles. The van der Waals surface area contributed by atoms with E-state index in [1.54, 1.807) is 30.3 Å². The number of carbonyl (C=O) groups excluding carboxylic acids is 3. The van der Waals surface area contributed by atoms with E-state index in [-0.39, 0.29) is 19.0 Å². The summed E-state index contributed by atoms with van der Waals surface area (Å²) >= 11 is 0. The van der Waals surface area contributed by atoms with Crippen molar-refractivity contribution in [2.45, 2.75) is 25.5 Å². The van der Waals surface area contributed by atoms with Gasteiger partial charge in [0.25, 0.3) is 0 Å². The zero-order chi connectivity index (χ0) is 19.1. The SMILES string of the molecule is O=C(COC(=O)[C@@H]1CCCN1C(=O)OCc1ccccc1)c1ccccc1. The van der Waals surface area contributed by atoms with Crippen LogP contribution in [0.2, 0.25) is 0 Å². The van der Waals surface area contributed by atoms with Crippen molar-refractivity contribution in [2.24, 2.45) is 0 Å². The number of Topliss-reactive ketones (excluding diaryl/α,β-unsaturated/α-hetero) is 1. The van der Waals surface area contributed by atoms with E-state index in [9.17, 15) is 14.4 Å². The summed E-state index contributed by atoms with van der Waals surface area (Å²) in [7, 11) is 0. The van der Waals surface area contributed by atoms with Crippen molar-refractivity contribution < 1.29 is 23.9 Å². The fourth-order valence-electron chi connectivity index (χ4n) is 2.97.